The number of nitrogens with zero attached hydrogens (tertiary/aromatic N) is 1. The van der Waals surface area contributed by atoms with Crippen LogP contribution in [0.5, 0.6) is 5.75 Å². The molecule has 1 saturated heterocycles. The summed E-state index contributed by atoms with van der Waals surface area (Å²) in [6.45, 7) is 5.74. The van der Waals surface area contributed by atoms with Crippen molar-refractivity contribution in [2.24, 2.45) is 0 Å². The number of rotatable bonds is 6. The Morgan fingerprint density at radius 3 is 2.47 bits per heavy atom. The van der Waals surface area contributed by atoms with Crippen molar-refractivity contribution in [2.75, 3.05) is 13.2 Å². The smallest absolute Gasteiger partial charge is 0.159 e. The molecule has 5 rings (SSSR count). The maximum atomic E-state index is 14.0. The van der Waals surface area contributed by atoms with Crippen molar-refractivity contribution in [3.05, 3.63) is 82.5 Å². The predicted octanol–water partition coefficient (Wildman–Crippen LogP) is 8.03. The van der Waals surface area contributed by atoms with E-state index in [1.165, 1.54) is 25.0 Å². The molecule has 0 aliphatic carbocycles. The van der Waals surface area contributed by atoms with Crippen LogP contribution in [0.3, 0.4) is 0 Å². The molecule has 1 fully saturated rings. The van der Waals surface area contributed by atoms with Crippen LogP contribution in [-0.2, 0) is 0 Å². The molecule has 1 unspecified atom stereocenters. The lowest BCUT2D eigenvalue weighted by molar-refractivity contribution is 0.271. The first-order chi connectivity index (χ1) is 17.4. The van der Waals surface area contributed by atoms with Gasteiger partial charge in [0.1, 0.15) is 5.75 Å². The van der Waals surface area contributed by atoms with Crippen LogP contribution in [0.1, 0.15) is 36.8 Å². The van der Waals surface area contributed by atoms with Crippen LogP contribution in [-0.4, -0.2) is 24.2 Å². The molecule has 1 aromatic heterocycles. The topological polar surface area (TPSA) is 34.1 Å². The van der Waals surface area contributed by atoms with E-state index < -0.39 is 11.6 Å². The summed E-state index contributed by atoms with van der Waals surface area (Å²) in [5, 5.41) is 4.77. The van der Waals surface area contributed by atoms with Crippen molar-refractivity contribution < 1.29 is 13.5 Å². The van der Waals surface area contributed by atoms with E-state index in [-0.39, 0.29) is 0 Å². The minimum Gasteiger partial charge on any atom is -0.492 e. The van der Waals surface area contributed by atoms with Gasteiger partial charge >= 0.3 is 0 Å². The lowest BCUT2D eigenvalue weighted by atomic mass is 9.97. The van der Waals surface area contributed by atoms with E-state index in [1.54, 1.807) is 6.07 Å². The van der Waals surface area contributed by atoms with Gasteiger partial charge in [-0.15, -0.1) is 0 Å². The van der Waals surface area contributed by atoms with E-state index >= 15 is 0 Å². The second kappa shape index (κ2) is 10.5. The van der Waals surface area contributed by atoms with Gasteiger partial charge in [0.2, 0.25) is 0 Å². The molecule has 3 aromatic carbocycles. The second-order valence-electron chi connectivity index (χ2n) is 9.64. The molecule has 1 atom stereocenters. The molecule has 0 bridgehead atoms. The lowest BCUT2D eigenvalue weighted by Crippen LogP contribution is -2.35. The maximum Gasteiger partial charge on any atom is 0.159 e. The molecular weight excluding hydrogens is 478 g/mol. The van der Waals surface area contributed by atoms with Gasteiger partial charge in [-0.1, -0.05) is 53.4 Å². The number of nitrogens with one attached hydrogen (secondary N) is 1. The zero-order chi connectivity index (χ0) is 25.2. The van der Waals surface area contributed by atoms with Crippen molar-refractivity contribution in [3.8, 4) is 28.0 Å². The van der Waals surface area contributed by atoms with Gasteiger partial charge < -0.3 is 10.1 Å². The van der Waals surface area contributed by atoms with Crippen molar-refractivity contribution in [1.82, 2.24) is 10.3 Å². The van der Waals surface area contributed by atoms with Crippen molar-refractivity contribution in [3.63, 3.8) is 0 Å². The first-order valence-corrected chi connectivity index (χ1v) is 12.8. The number of piperidine rings is 1. The highest BCUT2D eigenvalue weighted by molar-refractivity contribution is 6.34. The summed E-state index contributed by atoms with van der Waals surface area (Å²) in [5.41, 5.74) is 6.00. The van der Waals surface area contributed by atoms with Crippen LogP contribution in [0.4, 0.5) is 8.78 Å². The molecule has 4 aromatic rings. The third-order valence-corrected chi connectivity index (χ3v) is 7.11. The monoisotopic (exact) mass is 506 g/mol. The fraction of sp³-hybridized carbons (Fsp3) is 0.300. The van der Waals surface area contributed by atoms with Crippen LogP contribution in [0, 0.1) is 25.5 Å². The maximum absolute atomic E-state index is 14.0. The fourth-order valence-corrected chi connectivity index (χ4v) is 5.31. The third-order valence-electron chi connectivity index (χ3n) is 6.80. The summed E-state index contributed by atoms with van der Waals surface area (Å²) in [7, 11) is 0. The average Bonchev–Trinajstić information content (AvgIpc) is 2.85. The summed E-state index contributed by atoms with van der Waals surface area (Å²) < 4.78 is 34.1. The number of hydrogen-bond donors (Lipinski definition) is 1. The Hall–Kier alpha value is -3.02. The summed E-state index contributed by atoms with van der Waals surface area (Å²) in [4.78, 5) is 4.69. The Balaban J connectivity index is 1.62. The van der Waals surface area contributed by atoms with Gasteiger partial charge in [0.15, 0.2) is 11.6 Å². The highest BCUT2D eigenvalue weighted by Crippen LogP contribution is 2.41. The highest BCUT2D eigenvalue weighted by Gasteiger charge is 2.18. The molecule has 186 valence electrons. The van der Waals surface area contributed by atoms with E-state index in [0.717, 1.165) is 58.8 Å². The molecule has 1 N–H and O–H groups in total. The largest absolute Gasteiger partial charge is 0.492 e. The van der Waals surface area contributed by atoms with Gasteiger partial charge in [-0.25, -0.2) is 8.78 Å². The van der Waals surface area contributed by atoms with Crippen LogP contribution in [0.25, 0.3) is 33.2 Å². The number of ether oxygens (including phenoxy) is 1. The lowest BCUT2D eigenvalue weighted by Gasteiger charge is -2.24. The molecular formula is C30H29ClF2N2O. The normalized spacial score (nSPS) is 15.9. The fourth-order valence-electron chi connectivity index (χ4n) is 5.04. The molecule has 6 heteroatoms. The minimum atomic E-state index is -0.915. The molecule has 36 heavy (non-hydrogen) atoms. The Morgan fingerprint density at radius 1 is 0.944 bits per heavy atom. The van der Waals surface area contributed by atoms with E-state index in [4.69, 9.17) is 21.3 Å². The Bertz CT molecular complexity index is 1400. The molecule has 1 aliphatic rings. The van der Waals surface area contributed by atoms with Gasteiger partial charge in [-0.3, -0.25) is 4.98 Å². The van der Waals surface area contributed by atoms with Gasteiger partial charge in [-0.2, -0.15) is 0 Å². The van der Waals surface area contributed by atoms with Gasteiger partial charge in [0.25, 0.3) is 0 Å². The van der Waals surface area contributed by atoms with Gasteiger partial charge in [-0.05, 0) is 75.0 Å². The Labute approximate surface area is 215 Å². The van der Waals surface area contributed by atoms with Crippen LogP contribution in [0.2, 0.25) is 5.02 Å². The summed E-state index contributed by atoms with van der Waals surface area (Å²) in [5.74, 6) is -1.08. The number of aryl methyl sites for hydroxylation is 2. The summed E-state index contributed by atoms with van der Waals surface area (Å²) >= 11 is 6.58. The van der Waals surface area contributed by atoms with Crippen LogP contribution < -0.4 is 10.1 Å². The molecule has 0 amide bonds. The third kappa shape index (κ3) is 5.23. The molecule has 1 aliphatic heterocycles. The average molecular weight is 507 g/mol. The second-order valence-corrected chi connectivity index (χ2v) is 10.0. The van der Waals surface area contributed by atoms with Crippen molar-refractivity contribution in [1.29, 1.82) is 0 Å². The van der Waals surface area contributed by atoms with Crippen molar-refractivity contribution in [2.45, 2.75) is 45.6 Å². The summed E-state index contributed by atoms with van der Waals surface area (Å²) in [6.07, 6.45) is 6.34. The van der Waals surface area contributed by atoms with Crippen LogP contribution >= 0.6 is 11.6 Å². The van der Waals surface area contributed by atoms with Crippen molar-refractivity contribution >= 4 is 22.5 Å². The number of halogens is 3. The molecule has 2 heterocycles. The predicted molar refractivity (Wildman–Crippen MR) is 143 cm³/mol. The van der Waals surface area contributed by atoms with E-state index in [0.29, 0.717) is 34.3 Å². The highest BCUT2D eigenvalue weighted by atomic mass is 35.5. The van der Waals surface area contributed by atoms with Gasteiger partial charge in [0.05, 0.1) is 17.1 Å². The zero-order valence-corrected chi connectivity index (χ0v) is 21.3. The minimum absolute atomic E-state index is 0.414. The quantitative estimate of drug-likeness (QED) is 0.287. The number of fused-ring (bicyclic) bond motifs is 1. The Morgan fingerprint density at radius 2 is 1.75 bits per heavy atom. The number of aromatic nitrogens is 1. The van der Waals surface area contributed by atoms with E-state index in [2.05, 4.69) is 37.4 Å². The first-order valence-electron chi connectivity index (χ1n) is 12.4. The molecule has 0 spiro atoms. The molecule has 3 nitrogen and oxygen atoms in total. The SMILES string of the molecule is Cc1cc(C)cc(-c2cnc3cc(Cl)c(-c4ccc(F)c(F)c4)cc3c2OCCC2CCCCN2)c1. The molecule has 0 radical (unpaired) electrons. The van der Waals surface area contributed by atoms with E-state index in [1.807, 2.05) is 12.3 Å². The van der Waals surface area contributed by atoms with Crippen LogP contribution in [0.15, 0.2) is 54.7 Å². The number of benzene rings is 3. The summed E-state index contributed by atoms with van der Waals surface area (Å²) in [6, 6.07) is 14.3. The standard InChI is InChI=1S/C30H29ClF2N2O/c1-18-11-19(2)13-21(12-18)25-17-35-29-16-26(31)23(20-6-7-27(32)28(33)14-20)15-24(29)30(25)36-10-8-22-5-3-4-9-34-22/h6-7,11-17,22,34H,3-5,8-10H2,1-2H3. The molecule has 0 saturated carbocycles. The number of hydrogen-bond acceptors (Lipinski definition) is 3. The van der Waals surface area contributed by atoms with E-state index in [9.17, 15) is 8.78 Å². The first kappa shape index (κ1) is 24.7. The Kier molecular flexibility index (Phi) is 7.22. The number of pyridine rings is 1. The van der Waals surface area contributed by atoms with Gasteiger partial charge in [0, 0.05) is 28.8 Å². The zero-order valence-electron chi connectivity index (χ0n) is 20.5.